The number of fused-ring (bicyclic) bond motifs is 1. The minimum Gasteiger partial charge on any atom is -0.341 e. The maximum Gasteiger partial charge on any atom is 0.181 e. The summed E-state index contributed by atoms with van der Waals surface area (Å²) in [4.78, 5) is 16.8. The molecule has 20 heavy (non-hydrogen) atoms. The van der Waals surface area contributed by atoms with Crippen molar-refractivity contribution >= 4 is 38.9 Å². The topological polar surface area (TPSA) is 66.5 Å². The van der Waals surface area contributed by atoms with E-state index in [9.17, 15) is 0 Å². The fraction of sp³-hybridized carbons (Fsp3) is 0.154. The van der Waals surface area contributed by atoms with Crippen LogP contribution in [0.3, 0.4) is 0 Å². The highest BCUT2D eigenvalue weighted by atomic mass is 79.9. The smallest absolute Gasteiger partial charge is 0.181 e. The summed E-state index contributed by atoms with van der Waals surface area (Å²) in [5.74, 6) is 0. The Morgan fingerprint density at radius 2 is 2.20 bits per heavy atom. The van der Waals surface area contributed by atoms with Gasteiger partial charge in [-0.25, -0.2) is 15.0 Å². The molecule has 1 aromatic carbocycles. The average Bonchev–Trinajstić information content (AvgIpc) is 2.91. The largest absolute Gasteiger partial charge is 0.341 e. The van der Waals surface area contributed by atoms with Gasteiger partial charge in [0.1, 0.15) is 16.9 Å². The number of H-pyrrole nitrogens is 1. The van der Waals surface area contributed by atoms with Crippen LogP contribution in [0.4, 0.5) is 0 Å². The van der Waals surface area contributed by atoms with Gasteiger partial charge in [-0.05, 0) is 40.7 Å². The van der Waals surface area contributed by atoms with Gasteiger partial charge in [0, 0.05) is 15.9 Å². The second kappa shape index (κ2) is 5.90. The highest BCUT2D eigenvalue weighted by Gasteiger charge is 2.10. The van der Waals surface area contributed by atoms with Crippen LogP contribution in [0.1, 0.15) is 5.56 Å². The molecular weight excluding hydrogens is 338 g/mol. The zero-order valence-electron chi connectivity index (χ0n) is 10.7. The summed E-state index contributed by atoms with van der Waals surface area (Å²) < 4.78 is 1.06. The Bertz CT molecular complexity index is 742. The first-order chi connectivity index (χ1) is 9.78. The molecule has 0 aliphatic heterocycles. The highest BCUT2D eigenvalue weighted by Crippen LogP contribution is 2.35. The molecule has 0 spiro atoms. The van der Waals surface area contributed by atoms with Gasteiger partial charge in [0.2, 0.25) is 0 Å². The van der Waals surface area contributed by atoms with Gasteiger partial charge >= 0.3 is 0 Å². The molecule has 0 radical (unpaired) electrons. The molecule has 0 atom stereocenters. The highest BCUT2D eigenvalue weighted by molar-refractivity contribution is 9.10. The summed E-state index contributed by atoms with van der Waals surface area (Å²) in [6.07, 6.45) is 3.17. The van der Waals surface area contributed by atoms with Crippen LogP contribution >= 0.6 is 27.7 Å². The molecule has 3 aromatic rings. The molecule has 0 aliphatic carbocycles. The molecule has 0 saturated heterocycles. The lowest BCUT2D eigenvalue weighted by atomic mass is 10.2. The van der Waals surface area contributed by atoms with E-state index in [0.717, 1.165) is 26.5 Å². The van der Waals surface area contributed by atoms with Crippen molar-refractivity contribution in [3.63, 3.8) is 0 Å². The molecule has 2 N–H and O–H groups in total. The van der Waals surface area contributed by atoms with Gasteiger partial charge in [0.05, 0.1) is 6.33 Å². The summed E-state index contributed by atoms with van der Waals surface area (Å²) >= 11 is 5.20. The molecule has 5 nitrogen and oxygen atoms in total. The number of halogens is 1. The van der Waals surface area contributed by atoms with Gasteiger partial charge in [-0.3, -0.25) is 0 Å². The molecule has 2 heterocycles. The van der Waals surface area contributed by atoms with Crippen LogP contribution < -0.4 is 5.32 Å². The number of rotatable bonds is 4. The van der Waals surface area contributed by atoms with E-state index in [-0.39, 0.29) is 0 Å². The third-order valence-corrected chi connectivity index (χ3v) is 4.77. The van der Waals surface area contributed by atoms with E-state index >= 15 is 0 Å². The van der Waals surface area contributed by atoms with Crippen LogP contribution in [0.25, 0.3) is 11.2 Å². The standard InChI is InChI=1S/C13H12BrN5S/c1-15-5-8-2-3-10(9(14)4-8)20-13-11-12(17-6-16-11)18-7-19-13/h2-4,6-7,15H,5H2,1H3,(H,16,17,18,19). The molecule has 0 saturated carbocycles. The zero-order chi connectivity index (χ0) is 13.9. The van der Waals surface area contributed by atoms with Crippen molar-refractivity contribution in [1.82, 2.24) is 25.3 Å². The first-order valence-corrected chi connectivity index (χ1v) is 7.64. The van der Waals surface area contributed by atoms with E-state index in [2.05, 4.69) is 59.4 Å². The van der Waals surface area contributed by atoms with Crippen LogP contribution in [0.2, 0.25) is 0 Å². The predicted molar refractivity (Wildman–Crippen MR) is 82.7 cm³/mol. The monoisotopic (exact) mass is 349 g/mol. The molecular formula is C13H12BrN5S. The Hall–Kier alpha value is -1.44. The van der Waals surface area contributed by atoms with Crippen molar-refractivity contribution in [3.05, 3.63) is 40.9 Å². The van der Waals surface area contributed by atoms with E-state index in [4.69, 9.17) is 0 Å². The van der Waals surface area contributed by atoms with Crippen molar-refractivity contribution in [2.45, 2.75) is 16.5 Å². The van der Waals surface area contributed by atoms with E-state index in [1.807, 2.05) is 7.05 Å². The number of nitrogens with zero attached hydrogens (tertiary/aromatic N) is 3. The molecule has 3 rings (SSSR count). The fourth-order valence-electron chi connectivity index (χ4n) is 1.87. The maximum atomic E-state index is 4.32. The molecule has 0 fully saturated rings. The molecule has 0 unspecified atom stereocenters. The van der Waals surface area contributed by atoms with Gasteiger partial charge in [-0.1, -0.05) is 17.8 Å². The second-order valence-electron chi connectivity index (χ2n) is 4.18. The van der Waals surface area contributed by atoms with Crippen LogP contribution in [0, 0.1) is 0 Å². The van der Waals surface area contributed by atoms with Crippen molar-refractivity contribution in [2.75, 3.05) is 7.05 Å². The molecule has 102 valence electrons. The van der Waals surface area contributed by atoms with Crippen molar-refractivity contribution in [3.8, 4) is 0 Å². The summed E-state index contributed by atoms with van der Waals surface area (Å²) in [6.45, 7) is 0.849. The predicted octanol–water partition coefficient (Wildman–Crippen LogP) is 2.99. The number of hydrogen-bond acceptors (Lipinski definition) is 5. The van der Waals surface area contributed by atoms with Crippen molar-refractivity contribution in [2.24, 2.45) is 0 Å². The quantitative estimate of drug-likeness (QED) is 0.708. The Balaban J connectivity index is 1.93. The molecule has 0 aliphatic rings. The van der Waals surface area contributed by atoms with E-state index < -0.39 is 0 Å². The molecule has 2 aromatic heterocycles. The zero-order valence-corrected chi connectivity index (χ0v) is 13.1. The van der Waals surface area contributed by atoms with Crippen LogP contribution in [-0.2, 0) is 6.54 Å². The average molecular weight is 350 g/mol. The first-order valence-electron chi connectivity index (χ1n) is 6.03. The Morgan fingerprint density at radius 3 is 3.00 bits per heavy atom. The number of aromatic nitrogens is 4. The lowest BCUT2D eigenvalue weighted by Crippen LogP contribution is -2.04. The van der Waals surface area contributed by atoms with Crippen LogP contribution in [0.5, 0.6) is 0 Å². The van der Waals surface area contributed by atoms with Gasteiger partial charge in [-0.2, -0.15) is 0 Å². The summed E-state index contributed by atoms with van der Waals surface area (Å²) in [5.41, 5.74) is 2.78. The first kappa shape index (κ1) is 13.5. The van der Waals surface area contributed by atoms with Crippen molar-refractivity contribution < 1.29 is 0 Å². The van der Waals surface area contributed by atoms with Gasteiger partial charge < -0.3 is 10.3 Å². The molecule has 0 bridgehead atoms. The summed E-state index contributed by atoms with van der Waals surface area (Å²) in [6, 6.07) is 6.31. The summed E-state index contributed by atoms with van der Waals surface area (Å²) in [5, 5.41) is 4.01. The Kier molecular flexibility index (Phi) is 4.00. The number of nitrogens with one attached hydrogen (secondary N) is 2. The Labute approximate surface area is 128 Å². The second-order valence-corrected chi connectivity index (χ2v) is 6.06. The van der Waals surface area contributed by atoms with Crippen LogP contribution in [-0.4, -0.2) is 27.0 Å². The van der Waals surface area contributed by atoms with E-state index in [1.54, 1.807) is 18.1 Å². The lowest BCUT2D eigenvalue weighted by Gasteiger charge is -2.07. The summed E-state index contributed by atoms with van der Waals surface area (Å²) in [7, 11) is 1.94. The Morgan fingerprint density at radius 1 is 1.30 bits per heavy atom. The van der Waals surface area contributed by atoms with E-state index in [0.29, 0.717) is 5.65 Å². The minimum absolute atomic E-state index is 0.686. The fourth-order valence-corrected chi connectivity index (χ4v) is 3.39. The van der Waals surface area contributed by atoms with E-state index in [1.165, 1.54) is 11.9 Å². The molecule has 7 heteroatoms. The van der Waals surface area contributed by atoms with Crippen molar-refractivity contribution in [1.29, 1.82) is 0 Å². The van der Waals surface area contributed by atoms with Crippen LogP contribution in [0.15, 0.2) is 45.2 Å². The number of aromatic amines is 1. The van der Waals surface area contributed by atoms with Gasteiger partial charge in [-0.15, -0.1) is 0 Å². The van der Waals surface area contributed by atoms with Gasteiger partial charge in [0.15, 0.2) is 5.65 Å². The molecule has 0 amide bonds. The number of imidazole rings is 1. The normalized spacial score (nSPS) is 11.1. The number of hydrogen-bond donors (Lipinski definition) is 2. The minimum atomic E-state index is 0.686. The third kappa shape index (κ3) is 2.70. The SMILES string of the molecule is CNCc1ccc(Sc2ncnc3nc[nH]c23)c(Br)c1. The third-order valence-electron chi connectivity index (χ3n) is 2.77. The number of benzene rings is 1. The maximum absolute atomic E-state index is 4.32. The van der Waals surface area contributed by atoms with Gasteiger partial charge in [0.25, 0.3) is 0 Å². The lowest BCUT2D eigenvalue weighted by molar-refractivity contribution is 0.816.